The first-order chi connectivity index (χ1) is 9.65. The molecule has 3 aromatic rings. The predicted octanol–water partition coefficient (Wildman–Crippen LogP) is 3.01. The molecule has 0 radical (unpaired) electrons. The third-order valence-corrected chi connectivity index (χ3v) is 3.07. The zero-order valence-electron chi connectivity index (χ0n) is 10.7. The van der Waals surface area contributed by atoms with Crippen LogP contribution in [0.3, 0.4) is 0 Å². The minimum absolute atomic E-state index is 0.161. The van der Waals surface area contributed by atoms with Crippen molar-refractivity contribution in [1.29, 1.82) is 0 Å². The molecule has 0 unspecified atom stereocenters. The van der Waals surface area contributed by atoms with E-state index < -0.39 is 0 Å². The number of rotatable bonds is 2. The number of aromatic nitrogens is 3. The highest BCUT2D eigenvalue weighted by molar-refractivity contribution is 6.30. The fourth-order valence-electron chi connectivity index (χ4n) is 1.98. The Bertz CT molecular complexity index is 779. The average molecular weight is 287 g/mol. The van der Waals surface area contributed by atoms with Crippen LogP contribution in [0.25, 0.3) is 17.0 Å². The number of nitrogens with one attached hydrogen (secondary N) is 1. The Kier molecular flexibility index (Phi) is 3.12. The SMILES string of the molecule is CC(=O)Nc1c(-c2ccc(Cl)cc2)nc2ncccn12. The average Bonchev–Trinajstić information content (AvgIpc) is 2.78. The summed E-state index contributed by atoms with van der Waals surface area (Å²) in [5.41, 5.74) is 1.53. The van der Waals surface area contributed by atoms with Gasteiger partial charge in [0.25, 0.3) is 0 Å². The maximum Gasteiger partial charge on any atom is 0.235 e. The summed E-state index contributed by atoms with van der Waals surface area (Å²) in [6.45, 7) is 1.46. The minimum Gasteiger partial charge on any atom is -0.310 e. The Hall–Kier alpha value is -2.40. The molecule has 0 fully saturated rings. The first-order valence-electron chi connectivity index (χ1n) is 6.02. The van der Waals surface area contributed by atoms with Gasteiger partial charge in [0.1, 0.15) is 11.5 Å². The van der Waals surface area contributed by atoms with Gasteiger partial charge in [0.2, 0.25) is 11.7 Å². The van der Waals surface area contributed by atoms with Gasteiger partial charge in [-0.3, -0.25) is 9.20 Å². The second kappa shape index (κ2) is 4.94. The van der Waals surface area contributed by atoms with Crippen molar-refractivity contribution in [2.45, 2.75) is 6.92 Å². The van der Waals surface area contributed by atoms with Crippen molar-refractivity contribution in [3.05, 3.63) is 47.7 Å². The number of hydrogen-bond donors (Lipinski definition) is 1. The molecule has 2 heterocycles. The standard InChI is InChI=1S/C14H11ClN4O/c1-9(20)17-13-12(10-3-5-11(15)6-4-10)18-14-16-7-2-8-19(13)14/h2-8H,1H3,(H,17,20). The lowest BCUT2D eigenvalue weighted by Gasteiger charge is -2.05. The van der Waals surface area contributed by atoms with Gasteiger partial charge in [0, 0.05) is 29.9 Å². The number of carbonyl (C=O) groups excluding carboxylic acids is 1. The van der Waals surface area contributed by atoms with Gasteiger partial charge in [-0.25, -0.2) is 9.97 Å². The molecular weight excluding hydrogens is 276 g/mol. The molecule has 3 rings (SSSR count). The maximum absolute atomic E-state index is 11.4. The Labute approximate surface area is 120 Å². The van der Waals surface area contributed by atoms with Gasteiger partial charge in [0.15, 0.2) is 0 Å². The van der Waals surface area contributed by atoms with E-state index in [4.69, 9.17) is 11.6 Å². The quantitative estimate of drug-likeness (QED) is 0.788. The highest BCUT2D eigenvalue weighted by atomic mass is 35.5. The van der Waals surface area contributed by atoms with Crippen LogP contribution in [0.4, 0.5) is 5.82 Å². The van der Waals surface area contributed by atoms with Crippen molar-refractivity contribution in [3.63, 3.8) is 0 Å². The predicted molar refractivity (Wildman–Crippen MR) is 77.7 cm³/mol. The van der Waals surface area contributed by atoms with E-state index in [0.29, 0.717) is 22.3 Å². The fraction of sp³-hybridized carbons (Fsp3) is 0.0714. The first-order valence-corrected chi connectivity index (χ1v) is 6.39. The van der Waals surface area contributed by atoms with Gasteiger partial charge in [-0.2, -0.15) is 0 Å². The molecule has 0 aliphatic rings. The lowest BCUT2D eigenvalue weighted by atomic mass is 10.1. The second-order valence-electron chi connectivity index (χ2n) is 4.29. The molecule has 0 aliphatic heterocycles. The largest absolute Gasteiger partial charge is 0.310 e. The normalized spacial score (nSPS) is 10.7. The van der Waals surface area contributed by atoms with Crippen molar-refractivity contribution in [2.75, 3.05) is 5.32 Å². The molecule has 1 amide bonds. The smallest absolute Gasteiger partial charge is 0.235 e. The van der Waals surface area contributed by atoms with Gasteiger partial charge >= 0.3 is 0 Å². The Balaban J connectivity index is 2.23. The number of anilines is 1. The van der Waals surface area contributed by atoms with Crippen LogP contribution < -0.4 is 5.32 Å². The molecule has 0 aliphatic carbocycles. The Morgan fingerprint density at radius 1 is 1.30 bits per heavy atom. The molecular formula is C14H11ClN4O. The lowest BCUT2D eigenvalue weighted by molar-refractivity contribution is -0.114. The minimum atomic E-state index is -0.161. The molecule has 100 valence electrons. The number of halogens is 1. The van der Waals surface area contributed by atoms with Crippen LogP contribution in [0.2, 0.25) is 5.02 Å². The van der Waals surface area contributed by atoms with E-state index in [0.717, 1.165) is 5.56 Å². The van der Waals surface area contributed by atoms with E-state index in [-0.39, 0.29) is 5.91 Å². The molecule has 0 saturated carbocycles. The van der Waals surface area contributed by atoms with Crippen LogP contribution in [0.5, 0.6) is 0 Å². The summed E-state index contributed by atoms with van der Waals surface area (Å²) >= 11 is 5.89. The van der Waals surface area contributed by atoms with E-state index >= 15 is 0 Å². The summed E-state index contributed by atoms with van der Waals surface area (Å²) in [4.78, 5) is 20.0. The molecule has 0 saturated heterocycles. The number of fused-ring (bicyclic) bond motifs is 1. The third kappa shape index (κ3) is 2.23. The topological polar surface area (TPSA) is 59.3 Å². The molecule has 5 nitrogen and oxygen atoms in total. The number of nitrogens with zero attached hydrogens (tertiary/aromatic N) is 3. The number of hydrogen-bond acceptors (Lipinski definition) is 3. The molecule has 6 heteroatoms. The number of imidazole rings is 1. The number of amides is 1. The van der Waals surface area contributed by atoms with Crippen LogP contribution >= 0.6 is 11.6 Å². The van der Waals surface area contributed by atoms with Gasteiger partial charge in [-0.15, -0.1) is 0 Å². The van der Waals surface area contributed by atoms with Gasteiger partial charge in [-0.05, 0) is 18.2 Å². The van der Waals surface area contributed by atoms with E-state index in [2.05, 4.69) is 15.3 Å². The monoisotopic (exact) mass is 286 g/mol. The van der Waals surface area contributed by atoms with Crippen LogP contribution in [0.15, 0.2) is 42.7 Å². The summed E-state index contributed by atoms with van der Waals surface area (Å²) < 4.78 is 1.74. The number of benzene rings is 1. The molecule has 20 heavy (non-hydrogen) atoms. The van der Waals surface area contributed by atoms with E-state index in [1.807, 2.05) is 12.1 Å². The zero-order chi connectivity index (χ0) is 14.1. The van der Waals surface area contributed by atoms with Crippen LogP contribution in [-0.2, 0) is 4.79 Å². The number of carbonyl (C=O) groups is 1. The zero-order valence-corrected chi connectivity index (χ0v) is 11.4. The van der Waals surface area contributed by atoms with Crippen molar-refractivity contribution >= 4 is 29.1 Å². The summed E-state index contributed by atoms with van der Waals surface area (Å²) in [7, 11) is 0. The Morgan fingerprint density at radius 3 is 2.75 bits per heavy atom. The van der Waals surface area contributed by atoms with E-state index in [9.17, 15) is 4.79 Å². The Morgan fingerprint density at radius 2 is 2.05 bits per heavy atom. The third-order valence-electron chi connectivity index (χ3n) is 2.82. The van der Waals surface area contributed by atoms with Crippen molar-refractivity contribution < 1.29 is 4.79 Å². The summed E-state index contributed by atoms with van der Waals surface area (Å²) in [6, 6.07) is 9.06. The highest BCUT2D eigenvalue weighted by Gasteiger charge is 2.15. The molecule has 0 spiro atoms. The van der Waals surface area contributed by atoms with Crippen LogP contribution in [0.1, 0.15) is 6.92 Å². The molecule has 0 atom stereocenters. The van der Waals surface area contributed by atoms with E-state index in [1.54, 1.807) is 35.0 Å². The van der Waals surface area contributed by atoms with Gasteiger partial charge < -0.3 is 5.32 Å². The first kappa shape index (κ1) is 12.6. The summed E-state index contributed by atoms with van der Waals surface area (Å²) in [5.74, 6) is 0.968. The fourth-order valence-corrected chi connectivity index (χ4v) is 2.11. The van der Waals surface area contributed by atoms with E-state index in [1.165, 1.54) is 6.92 Å². The van der Waals surface area contributed by atoms with Crippen LogP contribution in [0, 0.1) is 0 Å². The van der Waals surface area contributed by atoms with Crippen molar-refractivity contribution in [3.8, 4) is 11.3 Å². The summed E-state index contributed by atoms with van der Waals surface area (Å²) in [5, 5.41) is 3.45. The van der Waals surface area contributed by atoms with Gasteiger partial charge in [0.05, 0.1) is 0 Å². The second-order valence-corrected chi connectivity index (χ2v) is 4.72. The molecule has 1 aromatic carbocycles. The highest BCUT2D eigenvalue weighted by Crippen LogP contribution is 2.28. The lowest BCUT2D eigenvalue weighted by Crippen LogP contribution is -2.09. The van der Waals surface area contributed by atoms with Gasteiger partial charge in [-0.1, -0.05) is 23.7 Å². The summed E-state index contributed by atoms with van der Waals surface area (Å²) in [6.07, 6.45) is 3.46. The molecule has 1 N–H and O–H groups in total. The van der Waals surface area contributed by atoms with Crippen LogP contribution in [-0.4, -0.2) is 20.3 Å². The molecule has 2 aromatic heterocycles. The van der Waals surface area contributed by atoms with Crippen molar-refractivity contribution in [2.24, 2.45) is 0 Å². The maximum atomic E-state index is 11.4. The van der Waals surface area contributed by atoms with Crippen molar-refractivity contribution in [1.82, 2.24) is 14.4 Å². The molecule has 0 bridgehead atoms.